The van der Waals surface area contributed by atoms with Gasteiger partial charge in [0.05, 0.1) is 0 Å². The maximum Gasteiger partial charge on any atom is 0.251 e. The number of hydrogen-bond donors (Lipinski definition) is 2. The Balaban J connectivity index is 2.00. The van der Waals surface area contributed by atoms with Gasteiger partial charge in [0.2, 0.25) is 0 Å². The van der Waals surface area contributed by atoms with E-state index in [1.807, 2.05) is 54.8 Å². The molecule has 3 nitrogen and oxygen atoms in total. The first kappa shape index (κ1) is 15.5. The van der Waals surface area contributed by atoms with E-state index in [-0.39, 0.29) is 5.91 Å². The van der Waals surface area contributed by atoms with Crippen LogP contribution >= 0.6 is 24.0 Å². The monoisotopic (exact) mass is 316 g/mol. The van der Waals surface area contributed by atoms with Gasteiger partial charge >= 0.3 is 0 Å². The molecule has 0 fully saturated rings. The molecule has 0 aliphatic rings. The number of amides is 1. The van der Waals surface area contributed by atoms with E-state index in [9.17, 15) is 4.79 Å². The lowest BCUT2D eigenvalue weighted by atomic mass is 10.1. The maximum atomic E-state index is 12.1. The molecule has 0 saturated heterocycles. The molecular weight excluding hydrogens is 300 g/mol. The summed E-state index contributed by atoms with van der Waals surface area (Å²) in [4.78, 5) is 13.6. The van der Waals surface area contributed by atoms with Crippen LogP contribution in [0.1, 0.15) is 21.5 Å². The fraction of sp³-hybridized carbons (Fsp3) is 0.125. The van der Waals surface area contributed by atoms with E-state index in [2.05, 4.69) is 5.32 Å². The van der Waals surface area contributed by atoms with E-state index >= 15 is 0 Å². The number of carbonyl (C=O) groups excluding carboxylic acids is 1. The number of hydrogen-bond acceptors (Lipinski definition) is 3. The van der Waals surface area contributed by atoms with Crippen molar-refractivity contribution in [2.75, 3.05) is 6.26 Å². The second-order valence-electron chi connectivity index (χ2n) is 4.48. The Labute approximate surface area is 133 Å². The summed E-state index contributed by atoms with van der Waals surface area (Å²) in [5.41, 5.74) is 8.02. The fourth-order valence-electron chi connectivity index (χ4n) is 1.86. The summed E-state index contributed by atoms with van der Waals surface area (Å²) in [5.74, 6) is -0.0941. The van der Waals surface area contributed by atoms with Crippen molar-refractivity contribution in [2.45, 2.75) is 11.4 Å². The average Bonchev–Trinajstić information content (AvgIpc) is 2.53. The molecule has 0 radical (unpaired) electrons. The molecule has 3 N–H and O–H groups in total. The Morgan fingerprint density at radius 3 is 2.52 bits per heavy atom. The van der Waals surface area contributed by atoms with Crippen molar-refractivity contribution in [1.82, 2.24) is 5.32 Å². The lowest BCUT2D eigenvalue weighted by Gasteiger charge is -2.07. The maximum absolute atomic E-state index is 12.1. The number of nitrogens with two attached hydrogens (primary N) is 1. The largest absolute Gasteiger partial charge is 0.389 e. The second-order valence-corrected chi connectivity index (χ2v) is 5.80. The van der Waals surface area contributed by atoms with E-state index in [0.29, 0.717) is 17.1 Å². The Morgan fingerprint density at radius 2 is 1.90 bits per heavy atom. The minimum atomic E-state index is -0.0941. The molecule has 0 unspecified atom stereocenters. The van der Waals surface area contributed by atoms with E-state index in [1.54, 1.807) is 11.8 Å². The van der Waals surface area contributed by atoms with Crippen LogP contribution in [-0.2, 0) is 6.54 Å². The molecule has 0 atom stereocenters. The van der Waals surface area contributed by atoms with Crippen LogP contribution in [-0.4, -0.2) is 17.2 Å². The number of thiocarbonyl (C=S) groups is 1. The number of nitrogens with one attached hydrogen (secondary N) is 1. The minimum absolute atomic E-state index is 0.0941. The van der Waals surface area contributed by atoms with Crippen LogP contribution in [0.2, 0.25) is 0 Å². The number of carbonyl (C=O) groups is 1. The van der Waals surface area contributed by atoms with Gasteiger partial charge in [0.1, 0.15) is 4.99 Å². The highest BCUT2D eigenvalue weighted by Crippen LogP contribution is 2.15. The summed E-state index contributed by atoms with van der Waals surface area (Å²) in [6.45, 7) is 0.444. The molecule has 21 heavy (non-hydrogen) atoms. The van der Waals surface area contributed by atoms with Crippen LogP contribution in [0.15, 0.2) is 53.4 Å². The van der Waals surface area contributed by atoms with Gasteiger partial charge in [-0.2, -0.15) is 0 Å². The summed E-state index contributed by atoms with van der Waals surface area (Å²) in [5, 5.41) is 2.89. The zero-order valence-electron chi connectivity index (χ0n) is 11.6. The third kappa shape index (κ3) is 4.31. The van der Waals surface area contributed by atoms with Gasteiger partial charge in [0.15, 0.2) is 0 Å². The predicted molar refractivity (Wildman–Crippen MR) is 91.7 cm³/mol. The predicted octanol–water partition coefficient (Wildman–Crippen LogP) is 2.97. The normalized spacial score (nSPS) is 10.1. The van der Waals surface area contributed by atoms with Crippen molar-refractivity contribution in [2.24, 2.45) is 5.73 Å². The van der Waals surface area contributed by atoms with Crippen molar-refractivity contribution in [3.63, 3.8) is 0 Å². The molecule has 0 aliphatic heterocycles. The first-order valence-electron chi connectivity index (χ1n) is 6.41. The van der Waals surface area contributed by atoms with E-state index in [4.69, 9.17) is 18.0 Å². The molecule has 0 aliphatic carbocycles. The second kappa shape index (κ2) is 7.24. The third-order valence-corrected chi connectivity index (χ3v) is 4.00. The van der Waals surface area contributed by atoms with Gasteiger partial charge in [-0.3, -0.25) is 4.79 Å². The molecule has 0 spiro atoms. The Hall–Kier alpha value is -1.85. The van der Waals surface area contributed by atoms with Crippen molar-refractivity contribution < 1.29 is 4.79 Å². The van der Waals surface area contributed by atoms with Gasteiger partial charge in [0.25, 0.3) is 5.91 Å². The average molecular weight is 316 g/mol. The summed E-state index contributed by atoms with van der Waals surface area (Å²) in [6, 6.07) is 15.1. The smallest absolute Gasteiger partial charge is 0.251 e. The topological polar surface area (TPSA) is 55.1 Å². The molecule has 5 heteroatoms. The molecular formula is C16H16N2OS2. The Morgan fingerprint density at radius 1 is 1.19 bits per heavy atom. The quantitative estimate of drug-likeness (QED) is 0.658. The van der Waals surface area contributed by atoms with Crippen LogP contribution in [0.25, 0.3) is 0 Å². The molecule has 2 aromatic carbocycles. The highest BCUT2D eigenvalue weighted by molar-refractivity contribution is 7.98. The van der Waals surface area contributed by atoms with Gasteiger partial charge in [-0.05, 0) is 42.2 Å². The Kier molecular flexibility index (Phi) is 5.36. The molecule has 2 aromatic rings. The minimum Gasteiger partial charge on any atom is -0.389 e. The highest BCUT2D eigenvalue weighted by atomic mass is 32.2. The lowest BCUT2D eigenvalue weighted by molar-refractivity contribution is 0.0951. The summed E-state index contributed by atoms with van der Waals surface area (Å²) < 4.78 is 0. The SMILES string of the molecule is CSc1ccc(C(=O)NCc2cccc(C(N)=S)c2)cc1. The van der Waals surface area contributed by atoms with Crippen molar-refractivity contribution in [1.29, 1.82) is 0 Å². The van der Waals surface area contributed by atoms with Crippen LogP contribution in [0.4, 0.5) is 0 Å². The number of benzene rings is 2. The number of thioether (sulfide) groups is 1. The standard InChI is InChI=1S/C16H16N2OS2/c1-21-14-7-5-12(6-8-14)16(19)18-10-11-3-2-4-13(9-11)15(17)20/h2-9H,10H2,1H3,(H2,17,20)(H,18,19). The molecule has 0 bridgehead atoms. The zero-order valence-corrected chi connectivity index (χ0v) is 13.3. The van der Waals surface area contributed by atoms with Gasteiger partial charge in [0, 0.05) is 22.6 Å². The Bertz CT molecular complexity index is 654. The van der Waals surface area contributed by atoms with E-state index < -0.39 is 0 Å². The van der Waals surface area contributed by atoms with E-state index in [0.717, 1.165) is 16.0 Å². The van der Waals surface area contributed by atoms with Gasteiger partial charge in [-0.15, -0.1) is 11.8 Å². The molecule has 2 rings (SSSR count). The summed E-state index contributed by atoms with van der Waals surface area (Å²) in [7, 11) is 0. The molecule has 108 valence electrons. The van der Waals surface area contributed by atoms with Gasteiger partial charge in [-0.1, -0.05) is 30.4 Å². The van der Waals surface area contributed by atoms with Crippen LogP contribution in [0, 0.1) is 0 Å². The molecule has 0 aromatic heterocycles. The van der Waals surface area contributed by atoms with Gasteiger partial charge in [-0.25, -0.2) is 0 Å². The summed E-state index contributed by atoms with van der Waals surface area (Å²) >= 11 is 6.59. The first-order chi connectivity index (χ1) is 10.1. The molecule has 0 saturated carbocycles. The molecule has 1 amide bonds. The zero-order chi connectivity index (χ0) is 15.2. The summed E-state index contributed by atoms with van der Waals surface area (Å²) in [6.07, 6.45) is 2.00. The van der Waals surface area contributed by atoms with Crippen molar-refractivity contribution in [3.8, 4) is 0 Å². The van der Waals surface area contributed by atoms with Crippen LogP contribution in [0.5, 0.6) is 0 Å². The van der Waals surface area contributed by atoms with Crippen LogP contribution in [0.3, 0.4) is 0 Å². The first-order valence-corrected chi connectivity index (χ1v) is 8.04. The van der Waals surface area contributed by atoms with Gasteiger partial charge < -0.3 is 11.1 Å². The third-order valence-electron chi connectivity index (χ3n) is 3.02. The van der Waals surface area contributed by atoms with E-state index in [1.165, 1.54) is 0 Å². The molecule has 0 heterocycles. The van der Waals surface area contributed by atoms with Crippen LogP contribution < -0.4 is 11.1 Å². The highest BCUT2D eigenvalue weighted by Gasteiger charge is 2.05. The number of rotatable bonds is 5. The van der Waals surface area contributed by atoms with Crippen molar-refractivity contribution >= 4 is 34.9 Å². The lowest BCUT2D eigenvalue weighted by Crippen LogP contribution is -2.23. The van der Waals surface area contributed by atoms with Crippen molar-refractivity contribution in [3.05, 3.63) is 65.2 Å². The fourth-order valence-corrected chi connectivity index (χ4v) is 2.40.